The number of carboxylic acids is 1. The molecule has 0 aromatic carbocycles. The topological polar surface area (TPSA) is 49.8 Å². The Labute approximate surface area is 108 Å². The van der Waals surface area contributed by atoms with E-state index in [1.54, 1.807) is 0 Å². The van der Waals surface area contributed by atoms with Gasteiger partial charge < -0.3 is 9.84 Å². The van der Waals surface area contributed by atoms with E-state index in [4.69, 9.17) is 4.74 Å². The Morgan fingerprint density at radius 2 is 2.17 bits per heavy atom. The highest BCUT2D eigenvalue weighted by molar-refractivity contribution is 5.71. The quantitative estimate of drug-likeness (QED) is 0.824. The fraction of sp³-hybridized carbons (Fsp3) is 0.929. The van der Waals surface area contributed by atoms with Crippen LogP contribution < -0.4 is 0 Å². The van der Waals surface area contributed by atoms with E-state index in [1.807, 2.05) is 0 Å². The highest BCUT2D eigenvalue weighted by Gasteiger charge is 2.42. The monoisotopic (exact) mass is 253 g/mol. The van der Waals surface area contributed by atoms with Crippen molar-refractivity contribution >= 4 is 5.97 Å². The predicted molar refractivity (Wildman–Crippen MR) is 67.3 cm³/mol. The second-order valence-corrected chi connectivity index (χ2v) is 6.42. The van der Waals surface area contributed by atoms with Crippen molar-refractivity contribution in [3.8, 4) is 0 Å². The molecule has 0 spiro atoms. The Morgan fingerprint density at radius 1 is 1.33 bits per heavy atom. The number of hydrogen-bond acceptors (Lipinski definition) is 3. The van der Waals surface area contributed by atoms with Crippen LogP contribution in [-0.4, -0.2) is 48.8 Å². The summed E-state index contributed by atoms with van der Waals surface area (Å²) < 4.78 is 5.36. The summed E-state index contributed by atoms with van der Waals surface area (Å²) in [5.74, 6) is 1.61. The van der Waals surface area contributed by atoms with Gasteiger partial charge in [0.1, 0.15) is 0 Å². The van der Waals surface area contributed by atoms with Crippen LogP contribution in [0.25, 0.3) is 0 Å². The van der Waals surface area contributed by atoms with Gasteiger partial charge in [0.05, 0.1) is 19.1 Å². The van der Waals surface area contributed by atoms with E-state index in [1.165, 1.54) is 25.7 Å². The maximum atomic E-state index is 11.2. The van der Waals surface area contributed by atoms with Crippen molar-refractivity contribution < 1.29 is 14.6 Å². The second kappa shape index (κ2) is 4.82. The lowest BCUT2D eigenvalue weighted by atomic mass is 9.88. The van der Waals surface area contributed by atoms with E-state index < -0.39 is 5.97 Å². The predicted octanol–water partition coefficient (Wildman–Crippen LogP) is 1.45. The molecule has 1 heterocycles. The summed E-state index contributed by atoms with van der Waals surface area (Å²) in [6.07, 6.45) is 5.60. The normalized spacial score (nSPS) is 42.9. The summed E-state index contributed by atoms with van der Waals surface area (Å²) in [6, 6.07) is 0.0710. The van der Waals surface area contributed by atoms with Gasteiger partial charge in [-0.15, -0.1) is 0 Å². The molecule has 4 heteroatoms. The van der Waals surface area contributed by atoms with Gasteiger partial charge in [-0.05, 0) is 44.1 Å². The van der Waals surface area contributed by atoms with Gasteiger partial charge >= 0.3 is 5.97 Å². The molecule has 102 valence electrons. The molecule has 2 bridgehead atoms. The summed E-state index contributed by atoms with van der Waals surface area (Å²) in [5, 5.41) is 9.19. The van der Waals surface area contributed by atoms with Crippen LogP contribution in [0.3, 0.4) is 0 Å². The van der Waals surface area contributed by atoms with Gasteiger partial charge in [-0.1, -0.05) is 6.42 Å². The van der Waals surface area contributed by atoms with Crippen molar-refractivity contribution in [3.05, 3.63) is 0 Å². The first-order chi connectivity index (χ1) is 8.65. The minimum Gasteiger partial charge on any atom is -0.481 e. The summed E-state index contributed by atoms with van der Waals surface area (Å²) in [6.45, 7) is 2.01. The number of nitrogens with zero attached hydrogens (tertiary/aromatic N) is 1. The largest absolute Gasteiger partial charge is 0.481 e. The molecule has 0 amide bonds. The molecular weight excluding hydrogens is 230 g/mol. The van der Waals surface area contributed by atoms with Crippen LogP contribution in [0.1, 0.15) is 25.7 Å². The van der Waals surface area contributed by atoms with Gasteiger partial charge in [0.25, 0.3) is 0 Å². The average Bonchev–Trinajstić information content (AvgIpc) is 3.04. The minimum atomic E-state index is -0.711. The third-order valence-electron chi connectivity index (χ3n) is 5.34. The van der Waals surface area contributed by atoms with Crippen LogP contribution in [0.4, 0.5) is 0 Å². The third kappa shape index (κ3) is 2.16. The molecule has 4 nitrogen and oxygen atoms in total. The summed E-state index contributed by atoms with van der Waals surface area (Å²) in [7, 11) is 2.07. The Balaban J connectivity index is 1.58. The van der Waals surface area contributed by atoms with Gasteiger partial charge in [-0.25, -0.2) is 0 Å². The van der Waals surface area contributed by atoms with Crippen LogP contribution in [-0.2, 0) is 9.53 Å². The van der Waals surface area contributed by atoms with Gasteiger partial charge in [0, 0.05) is 12.6 Å². The average molecular weight is 253 g/mol. The zero-order valence-corrected chi connectivity index (χ0v) is 11.0. The van der Waals surface area contributed by atoms with Crippen LogP contribution in [0.2, 0.25) is 0 Å². The molecule has 1 saturated heterocycles. The van der Waals surface area contributed by atoms with Gasteiger partial charge in [0.2, 0.25) is 0 Å². The maximum Gasteiger partial charge on any atom is 0.310 e. The lowest BCUT2D eigenvalue weighted by molar-refractivity contribution is -0.143. The molecule has 5 atom stereocenters. The summed E-state index contributed by atoms with van der Waals surface area (Å²) >= 11 is 0. The van der Waals surface area contributed by atoms with E-state index in [-0.39, 0.29) is 12.0 Å². The van der Waals surface area contributed by atoms with Crippen molar-refractivity contribution in [2.45, 2.75) is 31.7 Å². The number of aliphatic carboxylic acids is 1. The molecule has 2 aliphatic carbocycles. The zero-order chi connectivity index (χ0) is 12.7. The van der Waals surface area contributed by atoms with E-state index in [0.29, 0.717) is 13.2 Å². The van der Waals surface area contributed by atoms with Gasteiger partial charge in [-0.3, -0.25) is 9.69 Å². The molecule has 3 fully saturated rings. The molecule has 0 radical (unpaired) electrons. The van der Waals surface area contributed by atoms with Crippen LogP contribution >= 0.6 is 0 Å². The van der Waals surface area contributed by atoms with Crippen molar-refractivity contribution in [2.75, 3.05) is 26.8 Å². The number of carboxylic acid groups (broad SMARTS) is 1. The molecule has 0 aromatic heterocycles. The molecule has 5 unspecified atom stereocenters. The Kier molecular flexibility index (Phi) is 3.32. The minimum absolute atomic E-state index is 0.0710. The standard InChI is InChI=1S/C14H23NO3/c1-15(13-8-18-7-12(13)14(16)17)6-11-5-9-2-3-10(11)4-9/h9-13H,2-8H2,1H3,(H,16,17). The highest BCUT2D eigenvalue weighted by atomic mass is 16.5. The van der Waals surface area contributed by atoms with Crippen LogP contribution in [0, 0.1) is 23.7 Å². The Morgan fingerprint density at radius 3 is 2.78 bits per heavy atom. The smallest absolute Gasteiger partial charge is 0.310 e. The number of rotatable bonds is 4. The van der Waals surface area contributed by atoms with Crippen molar-refractivity contribution in [3.63, 3.8) is 0 Å². The molecule has 3 rings (SSSR count). The first-order valence-electron chi connectivity index (χ1n) is 7.16. The van der Waals surface area contributed by atoms with Crippen molar-refractivity contribution in [1.29, 1.82) is 0 Å². The molecular formula is C14H23NO3. The first kappa shape index (κ1) is 12.4. The molecule has 1 aliphatic heterocycles. The van der Waals surface area contributed by atoms with Crippen LogP contribution in [0.5, 0.6) is 0 Å². The second-order valence-electron chi connectivity index (χ2n) is 6.42. The fourth-order valence-electron chi connectivity index (χ4n) is 4.32. The van der Waals surface area contributed by atoms with E-state index >= 15 is 0 Å². The van der Waals surface area contributed by atoms with Gasteiger partial charge in [0.15, 0.2) is 0 Å². The SMILES string of the molecule is CN(CC1CC2CCC1C2)C1COCC1C(=O)O. The van der Waals surface area contributed by atoms with Crippen molar-refractivity contribution in [2.24, 2.45) is 23.7 Å². The van der Waals surface area contributed by atoms with E-state index in [2.05, 4.69) is 11.9 Å². The highest BCUT2D eigenvalue weighted by Crippen LogP contribution is 2.48. The third-order valence-corrected chi connectivity index (χ3v) is 5.34. The number of likely N-dealkylation sites (N-methyl/N-ethyl adjacent to an activating group) is 1. The molecule has 2 saturated carbocycles. The van der Waals surface area contributed by atoms with Gasteiger partial charge in [-0.2, -0.15) is 0 Å². The van der Waals surface area contributed by atoms with Crippen LogP contribution in [0.15, 0.2) is 0 Å². The number of carbonyl (C=O) groups is 1. The number of ether oxygens (including phenoxy) is 1. The molecule has 18 heavy (non-hydrogen) atoms. The maximum absolute atomic E-state index is 11.2. The summed E-state index contributed by atoms with van der Waals surface area (Å²) in [4.78, 5) is 13.4. The Hall–Kier alpha value is -0.610. The van der Waals surface area contributed by atoms with E-state index in [0.717, 1.165) is 24.3 Å². The molecule has 3 aliphatic rings. The Bertz CT molecular complexity index is 333. The first-order valence-corrected chi connectivity index (χ1v) is 7.16. The summed E-state index contributed by atoms with van der Waals surface area (Å²) in [5.41, 5.74) is 0. The lowest BCUT2D eigenvalue weighted by Crippen LogP contribution is -2.43. The fourth-order valence-corrected chi connectivity index (χ4v) is 4.32. The molecule has 0 aromatic rings. The molecule has 1 N–H and O–H groups in total. The number of hydrogen-bond donors (Lipinski definition) is 1. The van der Waals surface area contributed by atoms with E-state index in [9.17, 15) is 9.90 Å². The lowest BCUT2D eigenvalue weighted by Gasteiger charge is -2.32. The number of fused-ring (bicyclic) bond motifs is 2. The van der Waals surface area contributed by atoms with Crippen molar-refractivity contribution in [1.82, 2.24) is 4.90 Å². The zero-order valence-electron chi connectivity index (χ0n) is 11.0.